The van der Waals surface area contributed by atoms with Gasteiger partial charge in [-0.3, -0.25) is 0 Å². The number of benzene rings is 2. The first-order chi connectivity index (χ1) is 10.4. The second-order valence-electron chi connectivity index (χ2n) is 5.59. The van der Waals surface area contributed by atoms with Gasteiger partial charge in [0.2, 0.25) is 0 Å². The zero-order valence-electron chi connectivity index (χ0n) is 13.4. The maximum atomic E-state index is 13.0. The first-order valence-electron chi connectivity index (χ1n) is 7.25. The van der Waals surface area contributed by atoms with Crippen LogP contribution in [0.1, 0.15) is 29.7 Å². The number of carbonyl (C=O) groups excluding carboxylic acids is 1. The number of halogens is 1. The van der Waals surface area contributed by atoms with Crippen molar-refractivity contribution in [3.63, 3.8) is 0 Å². The molecule has 1 N–H and O–H groups in total. The third-order valence-electron chi connectivity index (χ3n) is 3.89. The van der Waals surface area contributed by atoms with E-state index in [4.69, 9.17) is 0 Å². The highest BCUT2D eigenvalue weighted by atomic mass is 19.1. The molecule has 0 aliphatic rings. The number of urea groups is 1. The molecule has 2 amide bonds. The predicted octanol–water partition coefficient (Wildman–Crippen LogP) is 4.67. The summed E-state index contributed by atoms with van der Waals surface area (Å²) in [4.78, 5) is 14.0. The second kappa shape index (κ2) is 6.60. The maximum Gasteiger partial charge on any atom is 0.322 e. The average molecular weight is 300 g/mol. The monoisotopic (exact) mass is 300 g/mol. The molecule has 0 aliphatic heterocycles. The van der Waals surface area contributed by atoms with Gasteiger partial charge in [-0.15, -0.1) is 0 Å². The Morgan fingerprint density at radius 1 is 1.14 bits per heavy atom. The summed E-state index contributed by atoms with van der Waals surface area (Å²) in [6.07, 6.45) is 0. The van der Waals surface area contributed by atoms with Crippen LogP contribution < -0.4 is 5.32 Å². The van der Waals surface area contributed by atoms with Crippen molar-refractivity contribution >= 4 is 11.7 Å². The van der Waals surface area contributed by atoms with Gasteiger partial charge in [-0.05, 0) is 55.7 Å². The summed E-state index contributed by atoms with van der Waals surface area (Å²) in [5.74, 6) is -0.279. The van der Waals surface area contributed by atoms with Crippen molar-refractivity contribution in [2.24, 2.45) is 0 Å². The van der Waals surface area contributed by atoms with Crippen LogP contribution in [0, 0.1) is 19.7 Å². The van der Waals surface area contributed by atoms with E-state index in [0.29, 0.717) is 0 Å². The van der Waals surface area contributed by atoms with E-state index >= 15 is 0 Å². The van der Waals surface area contributed by atoms with E-state index in [1.54, 1.807) is 24.1 Å². The number of nitrogens with zero attached hydrogens (tertiary/aromatic N) is 1. The minimum Gasteiger partial charge on any atom is -0.321 e. The fourth-order valence-electron chi connectivity index (χ4n) is 2.21. The number of hydrogen-bond donors (Lipinski definition) is 1. The van der Waals surface area contributed by atoms with Crippen molar-refractivity contribution in [1.29, 1.82) is 0 Å². The van der Waals surface area contributed by atoms with Crippen LogP contribution in [-0.4, -0.2) is 18.0 Å². The van der Waals surface area contributed by atoms with E-state index in [9.17, 15) is 9.18 Å². The lowest BCUT2D eigenvalue weighted by Crippen LogP contribution is -2.33. The predicted molar refractivity (Wildman–Crippen MR) is 87.5 cm³/mol. The molecule has 4 heteroatoms. The summed E-state index contributed by atoms with van der Waals surface area (Å²) in [5.41, 5.74) is 3.81. The number of aryl methyl sites for hydroxylation is 2. The number of rotatable bonds is 3. The number of anilines is 1. The van der Waals surface area contributed by atoms with E-state index < -0.39 is 0 Å². The molecular weight excluding hydrogens is 279 g/mol. The maximum absolute atomic E-state index is 13.0. The van der Waals surface area contributed by atoms with Crippen LogP contribution in [0.4, 0.5) is 14.9 Å². The molecule has 1 atom stereocenters. The van der Waals surface area contributed by atoms with E-state index in [0.717, 1.165) is 22.4 Å². The Balaban J connectivity index is 2.11. The van der Waals surface area contributed by atoms with Gasteiger partial charge in [-0.25, -0.2) is 9.18 Å². The Hall–Kier alpha value is -2.36. The molecule has 0 unspecified atom stereocenters. The van der Waals surface area contributed by atoms with Gasteiger partial charge in [-0.1, -0.05) is 24.3 Å². The minimum absolute atomic E-state index is 0.147. The largest absolute Gasteiger partial charge is 0.322 e. The van der Waals surface area contributed by atoms with Gasteiger partial charge in [-0.2, -0.15) is 0 Å². The highest BCUT2D eigenvalue weighted by molar-refractivity contribution is 5.90. The SMILES string of the molecule is Cc1ccc(C)c(NC(=O)N(C)[C@@H](C)c2ccc(F)cc2)c1. The molecular formula is C18H21FN2O. The van der Waals surface area contributed by atoms with Crippen LogP contribution in [0.3, 0.4) is 0 Å². The van der Waals surface area contributed by atoms with Crippen molar-refractivity contribution in [2.45, 2.75) is 26.8 Å². The van der Waals surface area contributed by atoms with Crippen LogP contribution in [0.2, 0.25) is 0 Å². The van der Waals surface area contributed by atoms with E-state index in [1.807, 2.05) is 39.0 Å². The Morgan fingerprint density at radius 2 is 1.77 bits per heavy atom. The molecule has 0 aliphatic carbocycles. The molecule has 0 bridgehead atoms. The first kappa shape index (κ1) is 16.0. The number of amides is 2. The number of carbonyl (C=O) groups is 1. The Labute approximate surface area is 130 Å². The molecule has 22 heavy (non-hydrogen) atoms. The van der Waals surface area contributed by atoms with Gasteiger partial charge in [0, 0.05) is 12.7 Å². The van der Waals surface area contributed by atoms with Crippen molar-refractivity contribution in [3.05, 3.63) is 65.0 Å². The van der Waals surface area contributed by atoms with Crippen LogP contribution in [0.25, 0.3) is 0 Å². The topological polar surface area (TPSA) is 32.3 Å². The Kier molecular flexibility index (Phi) is 4.81. The van der Waals surface area contributed by atoms with Gasteiger partial charge < -0.3 is 10.2 Å². The van der Waals surface area contributed by atoms with Crippen molar-refractivity contribution in [3.8, 4) is 0 Å². The van der Waals surface area contributed by atoms with Gasteiger partial charge in [0.05, 0.1) is 6.04 Å². The van der Waals surface area contributed by atoms with Gasteiger partial charge >= 0.3 is 6.03 Å². The average Bonchev–Trinajstić information content (AvgIpc) is 2.50. The second-order valence-corrected chi connectivity index (χ2v) is 5.59. The fourth-order valence-corrected chi connectivity index (χ4v) is 2.21. The molecule has 0 saturated carbocycles. The quantitative estimate of drug-likeness (QED) is 0.878. The molecule has 116 valence electrons. The molecule has 2 rings (SSSR count). The Morgan fingerprint density at radius 3 is 2.41 bits per heavy atom. The molecule has 3 nitrogen and oxygen atoms in total. The summed E-state index contributed by atoms with van der Waals surface area (Å²) in [7, 11) is 1.73. The standard InChI is InChI=1S/C18H21FN2O/c1-12-5-6-13(2)17(11-12)20-18(22)21(4)14(3)15-7-9-16(19)10-8-15/h5-11,14H,1-4H3,(H,20,22)/t14-/m0/s1. The third kappa shape index (κ3) is 3.64. The highest BCUT2D eigenvalue weighted by Gasteiger charge is 2.18. The van der Waals surface area contributed by atoms with Gasteiger partial charge in [0.1, 0.15) is 5.82 Å². The summed E-state index contributed by atoms with van der Waals surface area (Å²) in [5, 5.41) is 2.93. The molecule has 0 aromatic heterocycles. The summed E-state index contributed by atoms with van der Waals surface area (Å²) in [6, 6.07) is 11.8. The van der Waals surface area contributed by atoms with E-state index in [-0.39, 0.29) is 17.9 Å². The van der Waals surface area contributed by atoms with Crippen LogP contribution in [-0.2, 0) is 0 Å². The highest BCUT2D eigenvalue weighted by Crippen LogP contribution is 2.21. The lowest BCUT2D eigenvalue weighted by atomic mass is 10.1. The fraction of sp³-hybridized carbons (Fsp3) is 0.278. The van der Waals surface area contributed by atoms with Crippen molar-refractivity contribution < 1.29 is 9.18 Å². The summed E-state index contributed by atoms with van der Waals surface area (Å²) >= 11 is 0. The minimum atomic E-state index is -0.279. The van der Waals surface area contributed by atoms with Crippen molar-refractivity contribution in [2.75, 3.05) is 12.4 Å². The molecule has 0 spiro atoms. The zero-order valence-corrected chi connectivity index (χ0v) is 13.4. The Bertz CT molecular complexity index is 667. The third-order valence-corrected chi connectivity index (χ3v) is 3.89. The van der Waals surface area contributed by atoms with Gasteiger partial charge in [0.25, 0.3) is 0 Å². The van der Waals surface area contributed by atoms with Crippen LogP contribution in [0.5, 0.6) is 0 Å². The molecule has 0 radical (unpaired) electrons. The van der Waals surface area contributed by atoms with Crippen LogP contribution >= 0.6 is 0 Å². The zero-order chi connectivity index (χ0) is 16.3. The molecule has 0 heterocycles. The normalized spacial score (nSPS) is 11.9. The van der Waals surface area contributed by atoms with E-state index in [2.05, 4.69) is 5.32 Å². The summed E-state index contributed by atoms with van der Waals surface area (Å²) < 4.78 is 13.0. The molecule has 0 saturated heterocycles. The molecule has 0 fully saturated rings. The lowest BCUT2D eigenvalue weighted by molar-refractivity contribution is 0.208. The number of nitrogens with one attached hydrogen (secondary N) is 1. The summed E-state index contributed by atoms with van der Waals surface area (Å²) in [6.45, 7) is 5.86. The smallest absolute Gasteiger partial charge is 0.321 e. The van der Waals surface area contributed by atoms with Gasteiger partial charge in [0.15, 0.2) is 0 Å². The molecule has 2 aromatic rings. The van der Waals surface area contributed by atoms with E-state index in [1.165, 1.54) is 12.1 Å². The first-order valence-corrected chi connectivity index (χ1v) is 7.25. The number of hydrogen-bond acceptors (Lipinski definition) is 1. The molecule has 2 aromatic carbocycles. The van der Waals surface area contributed by atoms with Crippen LogP contribution in [0.15, 0.2) is 42.5 Å². The lowest BCUT2D eigenvalue weighted by Gasteiger charge is -2.26. The van der Waals surface area contributed by atoms with Crippen molar-refractivity contribution in [1.82, 2.24) is 4.90 Å².